The largest absolute Gasteiger partial charge is 0.392 e. The standard InChI is InChI=1S/C14H9BrO2/c15-9-5-8(7-16)13-12(6-9)10-3-1-2-4-11(10)14(13)17/h1-6,16H,7H2. The third-order valence-corrected chi connectivity index (χ3v) is 3.50. The summed E-state index contributed by atoms with van der Waals surface area (Å²) in [7, 11) is 0. The molecule has 0 radical (unpaired) electrons. The summed E-state index contributed by atoms with van der Waals surface area (Å²) in [5.74, 6) is 0.00662. The molecule has 2 aromatic rings. The van der Waals surface area contributed by atoms with Gasteiger partial charge < -0.3 is 5.11 Å². The van der Waals surface area contributed by atoms with Crippen LogP contribution in [0.5, 0.6) is 0 Å². The van der Waals surface area contributed by atoms with Crippen LogP contribution < -0.4 is 0 Å². The number of carbonyl (C=O) groups is 1. The zero-order valence-corrected chi connectivity index (χ0v) is 10.5. The van der Waals surface area contributed by atoms with Crippen molar-refractivity contribution in [2.45, 2.75) is 6.61 Å². The van der Waals surface area contributed by atoms with E-state index < -0.39 is 0 Å². The van der Waals surface area contributed by atoms with Crippen molar-refractivity contribution in [2.75, 3.05) is 0 Å². The average Bonchev–Trinajstić information content (AvgIpc) is 2.63. The fourth-order valence-corrected chi connectivity index (χ4v) is 2.82. The summed E-state index contributed by atoms with van der Waals surface area (Å²) in [5.41, 5.74) is 3.88. The van der Waals surface area contributed by atoms with Crippen LogP contribution in [0.2, 0.25) is 0 Å². The number of ketones is 1. The Kier molecular flexibility index (Phi) is 2.38. The molecule has 17 heavy (non-hydrogen) atoms. The van der Waals surface area contributed by atoms with E-state index in [-0.39, 0.29) is 12.4 Å². The molecule has 0 unspecified atom stereocenters. The van der Waals surface area contributed by atoms with Crippen LogP contribution in [-0.4, -0.2) is 10.9 Å². The lowest BCUT2D eigenvalue weighted by atomic mass is 10.0. The van der Waals surface area contributed by atoms with Crippen LogP contribution in [0.1, 0.15) is 21.5 Å². The maximum absolute atomic E-state index is 12.3. The van der Waals surface area contributed by atoms with E-state index in [1.165, 1.54) is 0 Å². The van der Waals surface area contributed by atoms with Crippen molar-refractivity contribution < 1.29 is 9.90 Å². The Morgan fingerprint density at radius 1 is 1.06 bits per heavy atom. The van der Waals surface area contributed by atoms with Gasteiger partial charge in [-0.15, -0.1) is 0 Å². The number of fused-ring (bicyclic) bond motifs is 3. The van der Waals surface area contributed by atoms with Gasteiger partial charge in [-0.25, -0.2) is 0 Å². The van der Waals surface area contributed by atoms with Crippen LogP contribution in [0, 0.1) is 0 Å². The van der Waals surface area contributed by atoms with E-state index in [2.05, 4.69) is 15.9 Å². The first-order valence-electron chi connectivity index (χ1n) is 5.29. The van der Waals surface area contributed by atoms with E-state index in [9.17, 15) is 9.90 Å². The molecule has 0 aliphatic heterocycles. The van der Waals surface area contributed by atoms with Crippen molar-refractivity contribution in [1.82, 2.24) is 0 Å². The zero-order valence-electron chi connectivity index (χ0n) is 8.90. The lowest BCUT2D eigenvalue weighted by Gasteiger charge is -2.05. The molecule has 2 aromatic carbocycles. The second-order valence-corrected chi connectivity index (χ2v) is 4.94. The Morgan fingerprint density at radius 3 is 2.47 bits per heavy atom. The summed E-state index contributed by atoms with van der Waals surface area (Å²) in [6.45, 7) is -0.124. The second-order valence-electron chi connectivity index (χ2n) is 4.02. The predicted molar refractivity (Wildman–Crippen MR) is 68.9 cm³/mol. The van der Waals surface area contributed by atoms with Crippen molar-refractivity contribution in [3.05, 3.63) is 57.6 Å². The molecule has 84 valence electrons. The van der Waals surface area contributed by atoms with Crippen molar-refractivity contribution >= 4 is 21.7 Å². The Bertz CT molecular complexity index is 632. The molecule has 3 rings (SSSR count). The molecule has 1 aliphatic rings. The number of rotatable bonds is 1. The first-order chi connectivity index (χ1) is 8.22. The van der Waals surface area contributed by atoms with Crippen molar-refractivity contribution in [3.8, 4) is 11.1 Å². The molecule has 3 heteroatoms. The minimum Gasteiger partial charge on any atom is -0.392 e. The number of hydrogen-bond donors (Lipinski definition) is 1. The highest BCUT2D eigenvalue weighted by Crippen LogP contribution is 2.39. The Hall–Kier alpha value is -1.45. The van der Waals surface area contributed by atoms with Gasteiger partial charge in [-0.2, -0.15) is 0 Å². The van der Waals surface area contributed by atoms with Crippen LogP contribution in [0.3, 0.4) is 0 Å². The summed E-state index contributed by atoms with van der Waals surface area (Å²) in [6, 6.07) is 11.3. The van der Waals surface area contributed by atoms with Crippen LogP contribution in [-0.2, 0) is 6.61 Å². The molecule has 0 heterocycles. The first kappa shape index (κ1) is 10.7. The van der Waals surface area contributed by atoms with Gasteiger partial charge >= 0.3 is 0 Å². The van der Waals surface area contributed by atoms with Gasteiger partial charge in [0.25, 0.3) is 0 Å². The van der Waals surface area contributed by atoms with Gasteiger partial charge in [0, 0.05) is 15.6 Å². The van der Waals surface area contributed by atoms with Crippen molar-refractivity contribution in [1.29, 1.82) is 0 Å². The number of benzene rings is 2. The molecule has 0 spiro atoms. The third-order valence-electron chi connectivity index (χ3n) is 3.04. The molecule has 0 saturated carbocycles. The Morgan fingerprint density at radius 2 is 1.76 bits per heavy atom. The fourth-order valence-electron chi connectivity index (χ4n) is 2.32. The number of aliphatic hydroxyl groups is 1. The molecule has 0 amide bonds. The number of aliphatic hydroxyl groups excluding tert-OH is 1. The van der Waals surface area contributed by atoms with E-state index >= 15 is 0 Å². The van der Waals surface area contributed by atoms with Crippen molar-refractivity contribution in [3.63, 3.8) is 0 Å². The van der Waals surface area contributed by atoms with E-state index in [1.54, 1.807) is 6.07 Å². The monoisotopic (exact) mass is 288 g/mol. The molecule has 2 nitrogen and oxygen atoms in total. The summed E-state index contributed by atoms with van der Waals surface area (Å²) < 4.78 is 0.879. The summed E-state index contributed by atoms with van der Waals surface area (Å²) in [4.78, 5) is 12.3. The summed E-state index contributed by atoms with van der Waals surface area (Å²) in [5, 5.41) is 9.35. The average molecular weight is 289 g/mol. The van der Waals surface area contributed by atoms with Crippen molar-refractivity contribution in [2.24, 2.45) is 0 Å². The lowest BCUT2D eigenvalue weighted by molar-refractivity contribution is 0.104. The van der Waals surface area contributed by atoms with E-state index in [4.69, 9.17) is 0 Å². The topological polar surface area (TPSA) is 37.3 Å². The first-order valence-corrected chi connectivity index (χ1v) is 6.09. The van der Waals surface area contributed by atoms with Gasteiger partial charge in [-0.05, 0) is 28.8 Å². The highest BCUT2D eigenvalue weighted by atomic mass is 79.9. The maximum atomic E-state index is 12.3. The van der Waals surface area contributed by atoms with Gasteiger partial charge in [0.1, 0.15) is 0 Å². The van der Waals surface area contributed by atoms with E-state index in [1.807, 2.05) is 30.3 Å². The second kappa shape index (κ2) is 3.79. The quantitative estimate of drug-likeness (QED) is 0.747. The van der Waals surface area contributed by atoms with E-state index in [0.717, 1.165) is 21.2 Å². The highest BCUT2D eigenvalue weighted by Gasteiger charge is 2.28. The van der Waals surface area contributed by atoms with Crippen LogP contribution >= 0.6 is 15.9 Å². The van der Waals surface area contributed by atoms with E-state index in [0.29, 0.717) is 11.1 Å². The maximum Gasteiger partial charge on any atom is 0.194 e. The van der Waals surface area contributed by atoms with Gasteiger partial charge in [0.05, 0.1) is 6.61 Å². The highest BCUT2D eigenvalue weighted by molar-refractivity contribution is 9.10. The van der Waals surface area contributed by atoms with Crippen LogP contribution in [0.15, 0.2) is 40.9 Å². The minimum atomic E-state index is -0.124. The van der Waals surface area contributed by atoms with Gasteiger partial charge in [-0.3, -0.25) is 4.79 Å². The van der Waals surface area contributed by atoms with Crippen LogP contribution in [0.4, 0.5) is 0 Å². The molecule has 0 aromatic heterocycles. The SMILES string of the molecule is O=C1c2ccccc2-c2cc(Br)cc(CO)c21. The third kappa shape index (κ3) is 1.47. The summed E-state index contributed by atoms with van der Waals surface area (Å²) in [6.07, 6.45) is 0. The normalized spacial score (nSPS) is 12.5. The number of carbonyl (C=O) groups excluding carboxylic acids is 1. The van der Waals surface area contributed by atoms with Gasteiger partial charge in [0.2, 0.25) is 0 Å². The molecule has 1 aliphatic carbocycles. The zero-order chi connectivity index (χ0) is 12.0. The smallest absolute Gasteiger partial charge is 0.194 e. The molecule has 1 N–H and O–H groups in total. The molecule has 0 fully saturated rings. The Balaban J connectivity index is 2.38. The van der Waals surface area contributed by atoms with Crippen LogP contribution in [0.25, 0.3) is 11.1 Å². The van der Waals surface area contributed by atoms with Gasteiger partial charge in [-0.1, -0.05) is 40.2 Å². The number of hydrogen-bond acceptors (Lipinski definition) is 2. The Labute approximate surface area is 107 Å². The molecular weight excluding hydrogens is 280 g/mol. The fraction of sp³-hybridized carbons (Fsp3) is 0.0714. The predicted octanol–water partition coefficient (Wildman–Crippen LogP) is 3.15. The van der Waals surface area contributed by atoms with Gasteiger partial charge in [0.15, 0.2) is 5.78 Å². The number of halogens is 1. The lowest BCUT2D eigenvalue weighted by Crippen LogP contribution is -2.00. The molecule has 0 bridgehead atoms. The molecular formula is C14H9BrO2. The molecule has 0 atom stereocenters. The molecule has 0 saturated heterocycles. The summed E-state index contributed by atoms with van der Waals surface area (Å²) >= 11 is 3.41. The minimum absolute atomic E-state index is 0.00662.